The molecule has 0 saturated carbocycles. The molecule has 0 unspecified atom stereocenters. The number of aromatic nitrogens is 3. The average molecular weight is 449 g/mol. The molecule has 1 saturated heterocycles. The minimum absolute atomic E-state index is 0.0392. The van der Waals surface area contributed by atoms with Crippen LogP contribution in [0.2, 0.25) is 0 Å². The van der Waals surface area contributed by atoms with Crippen LogP contribution >= 0.6 is 0 Å². The van der Waals surface area contributed by atoms with Gasteiger partial charge in [-0.25, -0.2) is 13.1 Å². The van der Waals surface area contributed by atoms with E-state index >= 15 is 0 Å². The Labute approximate surface area is 179 Å². The van der Waals surface area contributed by atoms with Crippen LogP contribution < -0.4 is 5.32 Å². The Bertz CT molecular complexity index is 1020. The molecular weight excluding hydrogens is 426 g/mol. The van der Waals surface area contributed by atoms with Gasteiger partial charge in [-0.1, -0.05) is 5.21 Å². The van der Waals surface area contributed by atoms with Gasteiger partial charge >= 0.3 is 5.97 Å². The van der Waals surface area contributed by atoms with E-state index in [2.05, 4.69) is 20.4 Å². The third kappa shape index (κ3) is 5.87. The molecule has 3 rings (SSSR count). The summed E-state index contributed by atoms with van der Waals surface area (Å²) in [6, 6.07) is 5.56. The van der Waals surface area contributed by atoms with Crippen molar-refractivity contribution in [3.8, 4) is 5.69 Å². The minimum atomic E-state index is -3.16. The van der Waals surface area contributed by atoms with E-state index in [-0.39, 0.29) is 37.4 Å². The van der Waals surface area contributed by atoms with Crippen LogP contribution in [-0.4, -0.2) is 83.8 Å². The predicted molar refractivity (Wildman–Crippen MR) is 109 cm³/mol. The zero-order chi connectivity index (χ0) is 22.4. The summed E-state index contributed by atoms with van der Waals surface area (Å²) in [6.07, 6.45) is 3.17. The van der Waals surface area contributed by atoms with Crippen LogP contribution in [0, 0.1) is 0 Å². The van der Waals surface area contributed by atoms with Gasteiger partial charge in [0, 0.05) is 25.1 Å². The van der Waals surface area contributed by atoms with Crippen molar-refractivity contribution in [3.05, 3.63) is 42.2 Å². The van der Waals surface area contributed by atoms with Crippen molar-refractivity contribution in [2.75, 3.05) is 31.7 Å². The highest BCUT2D eigenvalue weighted by molar-refractivity contribution is 7.91. The average Bonchev–Trinajstić information content (AvgIpc) is 3.31. The fourth-order valence-corrected chi connectivity index (χ4v) is 4.33. The Morgan fingerprint density at radius 1 is 1.16 bits per heavy atom. The van der Waals surface area contributed by atoms with E-state index in [1.165, 1.54) is 22.9 Å². The van der Waals surface area contributed by atoms with Gasteiger partial charge in [-0.15, -0.1) is 5.10 Å². The van der Waals surface area contributed by atoms with Gasteiger partial charge in [0.1, 0.15) is 6.04 Å². The second-order valence-corrected chi connectivity index (χ2v) is 9.32. The summed E-state index contributed by atoms with van der Waals surface area (Å²) < 4.78 is 29.4. The van der Waals surface area contributed by atoms with Gasteiger partial charge in [0.25, 0.3) is 5.91 Å². The van der Waals surface area contributed by atoms with Gasteiger partial charge in [0.15, 0.2) is 9.84 Å². The molecule has 2 amide bonds. The van der Waals surface area contributed by atoms with Crippen molar-refractivity contribution in [1.82, 2.24) is 25.2 Å². The lowest BCUT2D eigenvalue weighted by Crippen LogP contribution is -2.53. The van der Waals surface area contributed by atoms with Crippen LogP contribution in [0.5, 0.6) is 0 Å². The monoisotopic (exact) mass is 449 g/mol. The van der Waals surface area contributed by atoms with Gasteiger partial charge in [-0.3, -0.25) is 14.4 Å². The van der Waals surface area contributed by atoms with Gasteiger partial charge in [-0.2, -0.15) is 0 Å². The zero-order valence-electron chi connectivity index (χ0n) is 16.9. The van der Waals surface area contributed by atoms with E-state index in [4.69, 9.17) is 0 Å². The lowest BCUT2D eigenvalue weighted by Gasteiger charge is -2.30. The molecule has 0 bridgehead atoms. The Morgan fingerprint density at radius 3 is 2.42 bits per heavy atom. The molecule has 1 aromatic heterocycles. The Hall–Kier alpha value is -3.28. The molecular formula is C19H23N5O6S. The smallest absolute Gasteiger partial charge is 0.305 e. The lowest BCUT2D eigenvalue weighted by atomic mass is 10.1. The number of rotatable bonds is 7. The molecule has 11 nitrogen and oxygen atoms in total. The molecule has 2 heterocycles. The van der Waals surface area contributed by atoms with Crippen molar-refractivity contribution >= 4 is 27.6 Å². The highest BCUT2D eigenvalue weighted by atomic mass is 32.2. The number of benzene rings is 1. The van der Waals surface area contributed by atoms with E-state index in [1.807, 2.05) is 0 Å². The molecule has 0 radical (unpaired) electrons. The maximum absolute atomic E-state index is 12.9. The number of hydrogen-bond acceptors (Lipinski definition) is 8. The summed E-state index contributed by atoms with van der Waals surface area (Å²) in [7, 11) is -1.92. The van der Waals surface area contributed by atoms with Crippen molar-refractivity contribution < 1.29 is 27.5 Å². The number of ether oxygens (including phenoxy) is 1. The van der Waals surface area contributed by atoms with Crippen LogP contribution in [0.15, 0.2) is 36.7 Å². The van der Waals surface area contributed by atoms with E-state index in [1.54, 1.807) is 30.5 Å². The number of nitrogens with one attached hydrogen (secondary N) is 1. The highest BCUT2D eigenvalue weighted by Crippen LogP contribution is 2.12. The first-order valence-corrected chi connectivity index (χ1v) is 11.4. The molecule has 1 atom stereocenters. The number of hydrogen-bond donors (Lipinski definition) is 1. The first kappa shape index (κ1) is 22.4. The SMILES string of the molecule is COC(=O)CC[C@H](NC(=O)c1ccc(-n2ccnn2)cc1)C(=O)N1CCS(=O)(=O)CC1. The molecule has 2 aromatic rings. The van der Waals surface area contributed by atoms with Crippen molar-refractivity contribution in [3.63, 3.8) is 0 Å². The Balaban J connectivity index is 1.70. The number of esters is 1. The fraction of sp³-hybridized carbons (Fsp3) is 0.421. The molecule has 1 N–H and O–H groups in total. The van der Waals surface area contributed by atoms with Crippen LogP contribution in [0.3, 0.4) is 0 Å². The highest BCUT2D eigenvalue weighted by Gasteiger charge is 2.31. The largest absolute Gasteiger partial charge is 0.469 e. The van der Waals surface area contributed by atoms with Crippen molar-refractivity contribution in [2.45, 2.75) is 18.9 Å². The molecule has 1 aliphatic rings. The minimum Gasteiger partial charge on any atom is -0.469 e. The van der Waals surface area contributed by atoms with Crippen LogP contribution in [0.25, 0.3) is 5.69 Å². The number of methoxy groups -OCH3 is 1. The second kappa shape index (κ2) is 9.69. The summed E-state index contributed by atoms with van der Waals surface area (Å²) in [5.41, 5.74) is 1.03. The quantitative estimate of drug-likeness (QED) is 0.562. The normalized spacial score (nSPS) is 16.4. The van der Waals surface area contributed by atoms with Crippen LogP contribution in [0.1, 0.15) is 23.2 Å². The van der Waals surface area contributed by atoms with Crippen LogP contribution in [0.4, 0.5) is 0 Å². The summed E-state index contributed by atoms with van der Waals surface area (Å²) in [4.78, 5) is 38.6. The number of amides is 2. The maximum atomic E-state index is 12.9. The summed E-state index contributed by atoms with van der Waals surface area (Å²) in [5, 5.41) is 10.3. The topological polar surface area (TPSA) is 141 Å². The fourth-order valence-electron chi connectivity index (χ4n) is 3.13. The van der Waals surface area contributed by atoms with E-state index in [0.717, 1.165) is 0 Å². The molecule has 1 fully saturated rings. The number of carbonyl (C=O) groups is 3. The van der Waals surface area contributed by atoms with Gasteiger partial charge < -0.3 is 15.0 Å². The van der Waals surface area contributed by atoms with Gasteiger partial charge in [0.2, 0.25) is 5.91 Å². The van der Waals surface area contributed by atoms with E-state index in [0.29, 0.717) is 11.3 Å². The molecule has 166 valence electrons. The third-order valence-corrected chi connectivity index (χ3v) is 6.55. The van der Waals surface area contributed by atoms with Gasteiger partial charge in [0.05, 0.1) is 36.7 Å². The third-order valence-electron chi connectivity index (χ3n) is 4.94. The first-order valence-electron chi connectivity index (χ1n) is 9.63. The molecule has 0 aliphatic carbocycles. The van der Waals surface area contributed by atoms with Crippen molar-refractivity contribution in [2.24, 2.45) is 0 Å². The second-order valence-electron chi connectivity index (χ2n) is 7.01. The molecule has 31 heavy (non-hydrogen) atoms. The first-order chi connectivity index (χ1) is 14.8. The molecule has 0 spiro atoms. The number of nitrogens with zero attached hydrogens (tertiary/aromatic N) is 4. The number of carbonyl (C=O) groups excluding carboxylic acids is 3. The Morgan fingerprint density at radius 2 is 1.84 bits per heavy atom. The summed E-state index contributed by atoms with van der Waals surface area (Å²) >= 11 is 0. The standard InChI is InChI=1S/C19H23N5O6S/c1-30-17(25)7-6-16(19(27)23-10-12-31(28,29)13-11-23)21-18(26)14-2-4-15(5-3-14)24-9-8-20-22-24/h2-5,8-9,16H,6-7,10-13H2,1H3,(H,21,26)/t16-/m0/s1. The summed E-state index contributed by atoms with van der Waals surface area (Å²) in [5.74, 6) is -1.67. The van der Waals surface area contributed by atoms with Crippen LogP contribution in [-0.2, 0) is 24.2 Å². The zero-order valence-corrected chi connectivity index (χ0v) is 17.7. The number of sulfone groups is 1. The Kier molecular flexibility index (Phi) is 7.00. The van der Waals surface area contributed by atoms with Gasteiger partial charge in [-0.05, 0) is 30.7 Å². The van der Waals surface area contributed by atoms with E-state index in [9.17, 15) is 22.8 Å². The predicted octanol–water partition coefficient (Wildman–Crippen LogP) is -0.424. The lowest BCUT2D eigenvalue weighted by molar-refractivity contribution is -0.141. The molecule has 12 heteroatoms. The molecule has 1 aliphatic heterocycles. The summed E-state index contributed by atoms with van der Waals surface area (Å²) in [6.45, 7) is 0.108. The van der Waals surface area contributed by atoms with E-state index < -0.39 is 33.7 Å². The molecule has 1 aromatic carbocycles. The maximum Gasteiger partial charge on any atom is 0.305 e. The van der Waals surface area contributed by atoms with Crippen molar-refractivity contribution in [1.29, 1.82) is 0 Å².